The second-order valence-electron chi connectivity index (χ2n) is 11.7. The lowest BCUT2D eigenvalue weighted by atomic mass is 9.46. The van der Waals surface area contributed by atoms with Crippen molar-refractivity contribution in [1.82, 2.24) is 0 Å². The van der Waals surface area contributed by atoms with Crippen molar-refractivity contribution in [1.29, 1.82) is 0 Å². The Morgan fingerprint density at radius 3 is 2.62 bits per heavy atom. The van der Waals surface area contributed by atoms with Crippen molar-refractivity contribution in [3.63, 3.8) is 0 Å². The lowest BCUT2D eigenvalue weighted by Crippen LogP contribution is -2.58. The van der Waals surface area contributed by atoms with Crippen molar-refractivity contribution in [2.45, 2.75) is 71.5 Å². The maximum absolute atomic E-state index is 13.1. The van der Waals surface area contributed by atoms with Gasteiger partial charge in [-0.3, -0.25) is 4.79 Å². The van der Waals surface area contributed by atoms with E-state index in [-0.39, 0.29) is 42.7 Å². The highest BCUT2D eigenvalue weighted by Crippen LogP contribution is 2.66. The fourth-order valence-corrected chi connectivity index (χ4v) is 8.67. The number of ether oxygens (including phenoxy) is 1. The largest absolute Gasteiger partial charge is 0.458 e. The van der Waals surface area contributed by atoms with E-state index in [1.54, 1.807) is 6.08 Å². The van der Waals surface area contributed by atoms with Crippen molar-refractivity contribution >= 4 is 11.8 Å². The van der Waals surface area contributed by atoms with Crippen LogP contribution in [0.3, 0.4) is 0 Å². The summed E-state index contributed by atoms with van der Waals surface area (Å²) in [6.45, 7) is 5.63. The Morgan fingerprint density at radius 1 is 1.18 bits per heavy atom. The second kappa shape index (κ2) is 8.42. The van der Waals surface area contributed by atoms with Gasteiger partial charge in [-0.25, -0.2) is 4.79 Å². The molecular formula is C28H38O6. The number of cyclic esters (lactones) is 1. The molecule has 9 atom stereocenters. The van der Waals surface area contributed by atoms with Gasteiger partial charge in [0.15, 0.2) is 5.78 Å². The minimum Gasteiger partial charge on any atom is -0.458 e. The number of aliphatic hydroxyl groups excluding tert-OH is 3. The van der Waals surface area contributed by atoms with Crippen molar-refractivity contribution in [3.8, 4) is 0 Å². The molecule has 2 fully saturated rings. The zero-order valence-corrected chi connectivity index (χ0v) is 20.5. The lowest BCUT2D eigenvalue weighted by Gasteiger charge is -2.58. The SMILES string of the molecule is CC1=C(CO)C(=O)O[C@@H]([C@@H](CO)[C@H]2CC[C@H]3[C@@H]4CC=C5CC=CC(=O)[C@]5(C)[C@H]4C[C@@H](O)[C@]23C)C1. The lowest BCUT2D eigenvalue weighted by molar-refractivity contribution is -0.164. The Labute approximate surface area is 201 Å². The molecule has 0 aromatic rings. The molecule has 6 nitrogen and oxygen atoms in total. The molecular weight excluding hydrogens is 432 g/mol. The van der Waals surface area contributed by atoms with Crippen molar-refractivity contribution < 1.29 is 29.6 Å². The average Bonchev–Trinajstić information content (AvgIpc) is 3.14. The van der Waals surface area contributed by atoms with Gasteiger partial charge in [-0.1, -0.05) is 30.2 Å². The third-order valence-electron chi connectivity index (χ3n) is 10.7. The van der Waals surface area contributed by atoms with Crippen LogP contribution in [0, 0.1) is 40.4 Å². The highest BCUT2D eigenvalue weighted by atomic mass is 16.5. The zero-order chi connectivity index (χ0) is 24.4. The Morgan fingerprint density at radius 2 is 1.94 bits per heavy atom. The number of hydrogen-bond donors (Lipinski definition) is 3. The summed E-state index contributed by atoms with van der Waals surface area (Å²) in [4.78, 5) is 25.6. The molecule has 1 aliphatic heterocycles. The highest BCUT2D eigenvalue weighted by Gasteiger charge is 2.64. The summed E-state index contributed by atoms with van der Waals surface area (Å²) in [5.41, 5.74) is 1.39. The third-order valence-corrected chi connectivity index (χ3v) is 10.7. The number of aliphatic hydroxyl groups is 3. The molecule has 0 spiro atoms. The quantitative estimate of drug-likeness (QED) is 0.431. The monoisotopic (exact) mass is 470 g/mol. The van der Waals surface area contributed by atoms with E-state index in [4.69, 9.17) is 4.74 Å². The predicted molar refractivity (Wildman–Crippen MR) is 126 cm³/mol. The molecule has 5 aliphatic rings. The van der Waals surface area contributed by atoms with Gasteiger partial charge in [0, 0.05) is 18.9 Å². The molecule has 0 amide bonds. The van der Waals surface area contributed by atoms with Gasteiger partial charge in [0.2, 0.25) is 0 Å². The Balaban J connectivity index is 1.45. The van der Waals surface area contributed by atoms with Crippen LogP contribution in [-0.4, -0.2) is 52.5 Å². The number of hydrogen-bond acceptors (Lipinski definition) is 6. The smallest absolute Gasteiger partial charge is 0.336 e. The fraction of sp³-hybridized carbons (Fsp3) is 0.714. The van der Waals surface area contributed by atoms with Crippen LogP contribution in [0.5, 0.6) is 0 Å². The number of allylic oxidation sites excluding steroid dienone is 4. The molecule has 6 heteroatoms. The van der Waals surface area contributed by atoms with Crippen LogP contribution in [0.25, 0.3) is 0 Å². The van der Waals surface area contributed by atoms with E-state index < -0.39 is 29.0 Å². The van der Waals surface area contributed by atoms with Crippen LogP contribution in [-0.2, 0) is 14.3 Å². The number of rotatable bonds is 4. The van der Waals surface area contributed by atoms with Crippen LogP contribution in [0.2, 0.25) is 0 Å². The topological polar surface area (TPSA) is 104 Å². The normalized spacial score (nSPS) is 44.7. The van der Waals surface area contributed by atoms with E-state index >= 15 is 0 Å². The summed E-state index contributed by atoms with van der Waals surface area (Å²) in [7, 11) is 0. The molecule has 2 saturated carbocycles. The molecule has 4 aliphatic carbocycles. The number of carbonyl (C=O) groups excluding carboxylic acids is 2. The Bertz CT molecular complexity index is 977. The predicted octanol–water partition coefficient (Wildman–Crippen LogP) is 3.11. The molecule has 0 unspecified atom stereocenters. The standard InChI is InChI=1S/C28H38O6/c1-15-11-23(34-26(33)18(15)13-29)19(14-30)21-10-9-20-17-8-7-16-5-4-6-24(31)27(16,2)22(17)12-25(32)28(20,21)3/h4,6-7,17,19-23,25,29-30,32H,5,8-14H2,1-3H3/t17-,19-,20-,21+,22-,23+,25+,27-,28-/m0/s1. The van der Waals surface area contributed by atoms with E-state index in [0.717, 1.165) is 31.3 Å². The van der Waals surface area contributed by atoms with Crippen LogP contribution < -0.4 is 0 Å². The van der Waals surface area contributed by atoms with E-state index in [0.29, 0.717) is 24.3 Å². The summed E-state index contributed by atoms with van der Waals surface area (Å²) in [6.07, 6.45) is 9.55. The Kier molecular flexibility index (Phi) is 5.93. The summed E-state index contributed by atoms with van der Waals surface area (Å²) >= 11 is 0. The first-order chi connectivity index (χ1) is 16.2. The van der Waals surface area contributed by atoms with Gasteiger partial charge in [0.25, 0.3) is 0 Å². The van der Waals surface area contributed by atoms with Gasteiger partial charge in [-0.15, -0.1) is 0 Å². The maximum atomic E-state index is 13.1. The summed E-state index contributed by atoms with van der Waals surface area (Å²) < 4.78 is 5.73. The molecule has 0 radical (unpaired) electrons. The number of carbonyl (C=O) groups is 2. The molecule has 0 bridgehead atoms. The minimum atomic E-state index is -0.584. The fourth-order valence-electron chi connectivity index (χ4n) is 8.67. The van der Waals surface area contributed by atoms with Gasteiger partial charge in [0.05, 0.1) is 23.7 Å². The number of ketones is 1. The van der Waals surface area contributed by atoms with Crippen molar-refractivity contribution in [2.24, 2.45) is 40.4 Å². The Hall–Kier alpha value is -1.76. The van der Waals surface area contributed by atoms with Crippen LogP contribution in [0.1, 0.15) is 59.3 Å². The molecule has 3 N–H and O–H groups in total. The maximum Gasteiger partial charge on any atom is 0.336 e. The van der Waals surface area contributed by atoms with Crippen molar-refractivity contribution in [2.75, 3.05) is 13.2 Å². The summed E-state index contributed by atoms with van der Waals surface area (Å²) in [5, 5.41) is 31.7. The summed E-state index contributed by atoms with van der Waals surface area (Å²) in [5.74, 6) is 0.0877. The van der Waals surface area contributed by atoms with Crippen LogP contribution in [0.15, 0.2) is 34.9 Å². The molecule has 186 valence electrons. The highest BCUT2D eigenvalue weighted by molar-refractivity contribution is 5.98. The molecule has 0 aromatic carbocycles. The second-order valence-corrected chi connectivity index (χ2v) is 11.7. The van der Waals surface area contributed by atoms with Gasteiger partial charge in [-0.2, -0.15) is 0 Å². The zero-order valence-electron chi connectivity index (χ0n) is 20.5. The number of esters is 1. The van der Waals surface area contributed by atoms with Gasteiger partial charge < -0.3 is 20.1 Å². The molecule has 5 rings (SSSR count). The summed E-state index contributed by atoms with van der Waals surface area (Å²) in [6, 6.07) is 0. The molecule has 1 heterocycles. The first kappa shape index (κ1) is 24.0. The van der Waals surface area contributed by atoms with E-state index in [1.165, 1.54) is 5.57 Å². The first-order valence-corrected chi connectivity index (χ1v) is 12.9. The van der Waals surface area contributed by atoms with Gasteiger partial charge in [0.1, 0.15) is 6.10 Å². The van der Waals surface area contributed by atoms with Crippen molar-refractivity contribution in [3.05, 3.63) is 34.9 Å². The third kappa shape index (κ3) is 3.17. The minimum absolute atomic E-state index is 0.0138. The van der Waals surface area contributed by atoms with Gasteiger partial charge in [-0.05, 0) is 81.1 Å². The van der Waals surface area contributed by atoms with Gasteiger partial charge >= 0.3 is 5.97 Å². The van der Waals surface area contributed by atoms with Crippen LogP contribution in [0.4, 0.5) is 0 Å². The molecule has 0 saturated heterocycles. The van der Waals surface area contributed by atoms with E-state index in [2.05, 4.69) is 19.9 Å². The molecule has 0 aromatic heterocycles. The average molecular weight is 471 g/mol. The first-order valence-electron chi connectivity index (χ1n) is 12.9. The van der Waals surface area contributed by atoms with E-state index in [1.807, 2.05) is 13.0 Å². The van der Waals surface area contributed by atoms with Crippen LogP contribution >= 0.6 is 0 Å². The molecule has 34 heavy (non-hydrogen) atoms. The number of fused-ring (bicyclic) bond motifs is 5. The van der Waals surface area contributed by atoms with E-state index in [9.17, 15) is 24.9 Å².